The first-order valence-electron chi connectivity index (χ1n) is 7.90. The molecule has 0 spiro atoms. The van der Waals surface area contributed by atoms with E-state index in [1.165, 1.54) is 31.4 Å². The normalized spacial score (nSPS) is 16.2. The maximum absolute atomic E-state index is 12.0. The molecule has 1 amide bonds. The number of aromatic carboxylic acids is 1. The van der Waals surface area contributed by atoms with E-state index >= 15 is 0 Å². The maximum atomic E-state index is 12.0. The third-order valence-electron chi connectivity index (χ3n) is 4.28. The van der Waals surface area contributed by atoms with Gasteiger partial charge < -0.3 is 21.0 Å². The van der Waals surface area contributed by atoms with Crippen LogP contribution in [0.5, 0.6) is 0 Å². The number of benzene rings is 1. The second-order valence-corrected chi connectivity index (χ2v) is 6.05. The first-order valence-corrected chi connectivity index (χ1v) is 7.90. The van der Waals surface area contributed by atoms with Gasteiger partial charge in [-0.2, -0.15) is 0 Å². The van der Waals surface area contributed by atoms with Gasteiger partial charge in [0.05, 0.1) is 12.0 Å². The SMILES string of the molecule is NC(CC1CCCCC1)C(=O)NCc1cccc(C(=O)[O-])c1.[Na+]. The van der Waals surface area contributed by atoms with Gasteiger partial charge in [-0.3, -0.25) is 4.79 Å². The summed E-state index contributed by atoms with van der Waals surface area (Å²) in [7, 11) is 0. The Morgan fingerprint density at radius 1 is 1.26 bits per heavy atom. The predicted octanol–water partition coefficient (Wildman–Crippen LogP) is -2.03. The van der Waals surface area contributed by atoms with E-state index in [-0.39, 0.29) is 47.6 Å². The number of amides is 1. The number of hydrogen-bond donors (Lipinski definition) is 2. The summed E-state index contributed by atoms with van der Waals surface area (Å²) in [6.45, 7) is 0.276. The summed E-state index contributed by atoms with van der Waals surface area (Å²) in [6, 6.07) is 5.87. The zero-order valence-electron chi connectivity index (χ0n) is 13.7. The van der Waals surface area contributed by atoms with Gasteiger partial charge in [-0.1, -0.05) is 50.3 Å². The smallest absolute Gasteiger partial charge is 0.545 e. The maximum Gasteiger partial charge on any atom is 1.00 e. The molecule has 0 heterocycles. The molecule has 5 nitrogen and oxygen atoms in total. The van der Waals surface area contributed by atoms with Gasteiger partial charge in [0.15, 0.2) is 0 Å². The van der Waals surface area contributed by atoms with Gasteiger partial charge >= 0.3 is 29.6 Å². The number of carboxylic acid groups (broad SMARTS) is 1. The van der Waals surface area contributed by atoms with E-state index in [1.807, 2.05) is 0 Å². The number of rotatable bonds is 6. The standard InChI is InChI=1S/C17H24N2O3.Na/c18-15(10-12-5-2-1-3-6-12)16(20)19-11-13-7-4-8-14(9-13)17(21)22;/h4,7-9,12,15H,1-3,5-6,10-11,18H2,(H,19,20)(H,21,22);/q;+1/p-1. The Bertz CT molecular complexity index is 530. The Morgan fingerprint density at radius 2 is 1.96 bits per heavy atom. The number of carbonyl (C=O) groups is 2. The largest absolute Gasteiger partial charge is 1.00 e. The van der Waals surface area contributed by atoms with Crippen LogP contribution in [0.2, 0.25) is 0 Å². The Morgan fingerprint density at radius 3 is 2.61 bits per heavy atom. The van der Waals surface area contributed by atoms with Crippen LogP contribution in [-0.2, 0) is 11.3 Å². The number of nitrogens with two attached hydrogens (primary N) is 1. The number of carboxylic acids is 1. The molecule has 3 N–H and O–H groups in total. The summed E-state index contributed by atoms with van der Waals surface area (Å²) in [4.78, 5) is 22.8. The van der Waals surface area contributed by atoms with E-state index in [4.69, 9.17) is 5.73 Å². The van der Waals surface area contributed by atoms with E-state index in [0.29, 0.717) is 5.92 Å². The fraction of sp³-hybridized carbons (Fsp3) is 0.529. The van der Waals surface area contributed by atoms with Gasteiger partial charge in [-0.05, 0) is 29.5 Å². The Labute approximate surface area is 159 Å². The number of nitrogens with one attached hydrogen (secondary N) is 1. The number of carbonyl (C=O) groups excluding carboxylic acids is 2. The molecule has 1 aromatic carbocycles. The minimum atomic E-state index is -1.22. The van der Waals surface area contributed by atoms with Crippen LogP contribution in [0.3, 0.4) is 0 Å². The van der Waals surface area contributed by atoms with Crippen LogP contribution in [0.25, 0.3) is 0 Å². The summed E-state index contributed by atoms with van der Waals surface area (Å²) in [6.07, 6.45) is 6.80. The van der Waals surface area contributed by atoms with Crippen molar-refractivity contribution in [2.75, 3.05) is 0 Å². The molecule has 0 aromatic heterocycles. The summed E-state index contributed by atoms with van der Waals surface area (Å²) in [5.41, 5.74) is 6.81. The molecule has 1 aliphatic rings. The van der Waals surface area contributed by atoms with E-state index < -0.39 is 12.0 Å². The van der Waals surface area contributed by atoms with Crippen molar-refractivity contribution in [1.82, 2.24) is 5.32 Å². The molecule has 120 valence electrons. The van der Waals surface area contributed by atoms with Crippen molar-refractivity contribution in [3.05, 3.63) is 35.4 Å². The van der Waals surface area contributed by atoms with Gasteiger partial charge in [0.1, 0.15) is 0 Å². The van der Waals surface area contributed by atoms with E-state index in [2.05, 4.69) is 5.32 Å². The molecule has 0 saturated heterocycles. The zero-order valence-corrected chi connectivity index (χ0v) is 15.7. The molecular weight excluding hydrogens is 303 g/mol. The fourth-order valence-corrected chi connectivity index (χ4v) is 3.02. The van der Waals surface area contributed by atoms with Gasteiger partial charge in [-0.15, -0.1) is 0 Å². The summed E-state index contributed by atoms with van der Waals surface area (Å²) in [5.74, 6) is -0.845. The van der Waals surface area contributed by atoms with Crippen molar-refractivity contribution < 1.29 is 44.3 Å². The minimum absolute atomic E-state index is 0. The van der Waals surface area contributed by atoms with Crippen molar-refractivity contribution in [2.24, 2.45) is 11.7 Å². The Balaban J connectivity index is 0.00000264. The quantitative estimate of drug-likeness (QED) is 0.589. The molecule has 23 heavy (non-hydrogen) atoms. The van der Waals surface area contributed by atoms with Crippen LogP contribution >= 0.6 is 0 Å². The molecule has 6 heteroatoms. The van der Waals surface area contributed by atoms with Crippen LogP contribution in [0.15, 0.2) is 24.3 Å². The molecule has 1 unspecified atom stereocenters. The van der Waals surface area contributed by atoms with Crippen LogP contribution in [0.1, 0.15) is 54.4 Å². The number of hydrogen-bond acceptors (Lipinski definition) is 4. The van der Waals surface area contributed by atoms with Gasteiger partial charge in [-0.25, -0.2) is 0 Å². The topological polar surface area (TPSA) is 95.2 Å². The molecule has 2 rings (SSSR count). The molecule has 1 atom stereocenters. The molecule has 1 aromatic rings. The fourth-order valence-electron chi connectivity index (χ4n) is 3.02. The molecule has 0 aliphatic heterocycles. The van der Waals surface area contributed by atoms with Gasteiger partial charge in [0.25, 0.3) is 0 Å². The van der Waals surface area contributed by atoms with Crippen molar-refractivity contribution in [1.29, 1.82) is 0 Å². The van der Waals surface area contributed by atoms with Crippen molar-refractivity contribution >= 4 is 11.9 Å². The van der Waals surface area contributed by atoms with E-state index in [9.17, 15) is 14.7 Å². The van der Waals surface area contributed by atoms with E-state index in [0.717, 1.165) is 24.8 Å². The summed E-state index contributed by atoms with van der Waals surface area (Å²) < 4.78 is 0. The second kappa shape index (κ2) is 10.1. The van der Waals surface area contributed by atoms with E-state index in [1.54, 1.807) is 12.1 Å². The van der Waals surface area contributed by atoms with Gasteiger partial charge in [0, 0.05) is 6.54 Å². The molecular formula is C17H23N2NaO3. The molecule has 1 fully saturated rings. The second-order valence-electron chi connectivity index (χ2n) is 6.05. The average molecular weight is 326 g/mol. The Kier molecular flexibility index (Phi) is 8.84. The summed E-state index contributed by atoms with van der Waals surface area (Å²) >= 11 is 0. The van der Waals surface area contributed by atoms with Gasteiger partial charge in [0.2, 0.25) is 5.91 Å². The minimum Gasteiger partial charge on any atom is -0.545 e. The van der Waals surface area contributed by atoms with Crippen molar-refractivity contribution in [2.45, 2.75) is 51.1 Å². The van der Waals surface area contributed by atoms with Crippen molar-refractivity contribution in [3.63, 3.8) is 0 Å². The monoisotopic (exact) mass is 326 g/mol. The van der Waals surface area contributed by atoms with Crippen LogP contribution in [0, 0.1) is 5.92 Å². The van der Waals surface area contributed by atoms with Crippen LogP contribution < -0.4 is 45.7 Å². The zero-order chi connectivity index (χ0) is 15.9. The first-order chi connectivity index (χ1) is 10.6. The molecule has 1 aliphatic carbocycles. The third-order valence-corrected chi connectivity index (χ3v) is 4.28. The predicted molar refractivity (Wildman–Crippen MR) is 81.8 cm³/mol. The molecule has 0 radical (unpaired) electrons. The first kappa shape index (κ1) is 20.2. The van der Waals surface area contributed by atoms with Crippen molar-refractivity contribution in [3.8, 4) is 0 Å². The Hall–Kier alpha value is -0.880. The summed E-state index contributed by atoms with van der Waals surface area (Å²) in [5, 5.41) is 13.6. The van der Waals surface area contributed by atoms with Crippen LogP contribution in [-0.4, -0.2) is 17.9 Å². The average Bonchev–Trinajstić information content (AvgIpc) is 2.53. The molecule has 0 bridgehead atoms. The van der Waals surface area contributed by atoms with Crippen LogP contribution in [0.4, 0.5) is 0 Å². The molecule has 1 saturated carbocycles. The third kappa shape index (κ3) is 6.63.